The van der Waals surface area contributed by atoms with Crippen molar-refractivity contribution >= 4 is 17.7 Å². The van der Waals surface area contributed by atoms with E-state index in [2.05, 4.69) is 5.10 Å². The third-order valence-corrected chi connectivity index (χ3v) is 1.20. The third-order valence-electron chi connectivity index (χ3n) is 1.03. The molecule has 0 aliphatic heterocycles. The first-order chi connectivity index (χ1) is 4.74. The van der Waals surface area contributed by atoms with Gasteiger partial charge in [-0.05, 0) is 6.07 Å². The number of carbonyl (C=O) groups is 1. The Balaban J connectivity index is 2.85. The molecular weight excluding hydrogens is 154 g/mol. The van der Waals surface area contributed by atoms with Crippen LogP contribution in [0.1, 0.15) is 10.5 Å². The highest BCUT2D eigenvalue weighted by molar-refractivity contribution is 6.23. The van der Waals surface area contributed by atoms with Gasteiger partial charge < -0.3 is 0 Å². The van der Waals surface area contributed by atoms with Crippen LogP contribution in [0.25, 0.3) is 0 Å². The lowest BCUT2D eigenvalue weighted by molar-refractivity contribution is 0.0976. The zero-order valence-corrected chi connectivity index (χ0v) is 6.09. The van der Waals surface area contributed by atoms with E-state index in [1.807, 2.05) is 4.84 Å². The van der Waals surface area contributed by atoms with E-state index in [4.69, 9.17) is 11.8 Å². The molecule has 0 saturated heterocycles. The highest BCUT2D eigenvalue weighted by atomic mass is 35.5. The zero-order chi connectivity index (χ0) is 7.56. The van der Waals surface area contributed by atoms with Crippen molar-refractivity contribution in [2.45, 2.75) is 0 Å². The molecule has 0 aliphatic rings. The van der Waals surface area contributed by atoms with E-state index in [1.54, 1.807) is 19.3 Å². The van der Waals surface area contributed by atoms with Crippen LogP contribution in [0.15, 0.2) is 12.3 Å². The van der Waals surface area contributed by atoms with Gasteiger partial charge in [0.2, 0.25) is 0 Å². The first-order valence-electron chi connectivity index (χ1n) is 2.64. The number of nitrogens with one attached hydrogen (secondary N) is 1. The van der Waals surface area contributed by atoms with Crippen LogP contribution in [0.2, 0.25) is 0 Å². The van der Waals surface area contributed by atoms with E-state index < -0.39 is 0 Å². The van der Waals surface area contributed by atoms with Crippen molar-refractivity contribution in [2.75, 3.05) is 0 Å². The number of aryl methyl sites for hydroxylation is 1. The summed E-state index contributed by atoms with van der Waals surface area (Å²) in [5.41, 5.74) is 0.317. The monoisotopic (exact) mass is 159 g/mol. The summed E-state index contributed by atoms with van der Waals surface area (Å²) in [6, 6.07) is 1.58. The number of aromatic nitrogens is 2. The van der Waals surface area contributed by atoms with Crippen LogP contribution < -0.4 is 4.84 Å². The standard InChI is InChI=1S/C5H6ClN3O/c1-9-3-2-4(8-9)5(10)7-6/h2-3H,1H3,(H,7,10). The molecule has 0 atom stereocenters. The molecule has 1 N–H and O–H groups in total. The van der Waals surface area contributed by atoms with Crippen molar-refractivity contribution in [1.82, 2.24) is 14.6 Å². The summed E-state index contributed by atoms with van der Waals surface area (Å²) in [6.07, 6.45) is 1.67. The number of rotatable bonds is 1. The van der Waals surface area contributed by atoms with E-state index in [9.17, 15) is 4.79 Å². The van der Waals surface area contributed by atoms with Gasteiger partial charge in [0.1, 0.15) is 0 Å². The molecule has 0 radical (unpaired) electrons. The maximum absolute atomic E-state index is 10.7. The number of carbonyl (C=O) groups excluding carboxylic acids is 1. The Morgan fingerprint density at radius 3 is 3.00 bits per heavy atom. The van der Waals surface area contributed by atoms with Crippen molar-refractivity contribution in [3.05, 3.63) is 18.0 Å². The minimum atomic E-state index is -0.387. The van der Waals surface area contributed by atoms with Gasteiger partial charge in [0, 0.05) is 25.0 Å². The Morgan fingerprint density at radius 1 is 1.90 bits per heavy atom. The molecule has 0 fully saturated rings. The lowest BCUT2D eigenvalue weighted by atomic mass is 10.4. The number of hydrogen-bond acceptors (Lipinski definition) is 2. The van der Waals surface area contributed by atoms with Gasteiger partial charge in [0.05, 0.1) is 0 Å². The van der Waals surface area contributed by atoms with Gasteiger partial charge in [0.25, 0.3) is 5.91 Å². The first-order valence-corrected chi connectivity index (χ1v) is 3.02. The summed E-state index contributed by atoms with van der Waals surface area (Å²) in [5.74, 6) is -0.387. The average Bonchev–Trinajstić information content (AvgIpc) is 2.34. The molecule has 0 unspecified atom stereocenters. The maximum Gasteiger partial charge on any atom is 0.286 e. The largest absolute Gasteiger partial charge is 0.286 e. The van der Waals surface area contributed by atoms with Crippen LogP contribution in [-0.2, 0) is 7.05 Å². The van der Waals surface area contributed by atoms with Gasteiger partial charge >= 0.3 is 0 Å². The summed E-state index contributed by atoms with van der Waals surface area (Å²) in [6.45, 7) is 0. The van der Waals surface area contributed by atoms with Crippen molar-refractivity contribution in [3.63, 3.8) is 0 Å². The van der Waals surface area contributed by atoms with Gasteiger partial charge in [0.15, 0.2) is 5.69 Å². The molecule has 0 bridgehead atoms. The summed E-state index contributed by atoms with van der Waals surface area (Å²) in [7, 11) is 1.73. The molecule has 0 spiro atoms. The van der Waals surface area contributed by atoms with Crippen molar-refractivity contribution in [2.24, 2.45) is 7.05 Å². The second-order valence-corrected chi connectivity index (χ2v) is 1.99. The lowest BCUT2D eigenvalue weighted by Crippen LogP contribution is -2.13. The predicted molar refractivity (Wildman–Crippen MR) is 36.5 cm³/mol. The highest BCUT2D eigenvalue weighted by Gasteiger charge is 2.05. The van der Waals surface area contributed by atoms with Gasteiger partial charge in [-0.1, -0.05) is 0 Å². The fraction of sp³-hybridized carbons (Fsp3) is 0.200. The Labute approximate surface area is 62.9 Å². The Hall–Kier alpha value is -1.03. The third kappa shape index (κ3) is 1.27. The van der Waals surface area contributed by atoms with E-state index in [0.29, 0.717) is 5.69 Å². The Kier molecular flexibility index (Phi) is 1.91. The quantitative estimate of drug-likeness (QED) is 0.600. The van der Waals surface area contributed by atoms with Crippen molar-refractivity contribution in [1.29, 1.82) is 0 Å². The smallest absolute Gasteiger partial charge is 0.275 e. The predicted octanol–water partition coefficient (Wildman–Crippen LogP) is 0.304. The van der Waals surface area contributed by atoms with Crippen LogP contribution >= 0.6 is 11.8 Å². The average molecular weight is 160 g/mol. The molecule has 0 saturated carbocycles. The van der Waals surface area contributed by atoms with Crippen LogP contribution in [0.4, 0.5) is 0 Å². The molecule has 1 aromatic heterocycles. The number of nitrogens with zero attached hydrogens (tertiary/aromatic N) is 2. The molecule has 1 amide bonds. The maximum atomic E-state index is 10.7. The summed E-state index contributed by atoms with van der Waals surface area (Å²) in [4.78, 5) is 12.7. The second kappa shape index (κ2) is 2.70. The van der Waals surface area contributed by atoms with E-state index in [-0.39, 0.29) is 5.91 Å². The molecule has 1 heterocycles. The molecule has 0 aliphatic carbocycles. The summed E-state index contributed by atoms with van der Waals surface area (Å²) < 4.78 is 1.53. The van der Waals surface area contributed by atoms with Crippen LogP contribution in [0, 0.1) is 0 Å². The first kappa shape index (κ1) is 7.08. The second-order valence-electron chi connectivity index (χ2n) is 1.80. The van der Waals surface area contributed by atoms with Gasteiger partial charge in [-0.3, -0.25) is 14.3 Å². The normalized spacial score (nSPS) is 9.40. The fourth-order valence-corrected chi connectivity index (χ4v) is 0.681. The molecule has 1 rings (SSSR count). The number of hydrogen-bond donors (Lipinski definition) is 1. The van der Waals surface area contributed by atoms with E-state index >= 15 is 0 Å². The number of amides is 1. The summed E-state index contributed by atoms with van der Waals surface area (Å²) in [5, 5.41) is 3.80. The fourth-order valence-electron chi connectivity index (χ4n) is 0.585. The molecular formula is C5H6ClN3O. The minimum Gasteiger partial charge on any atom is -0.275 e. The lowest BCUT2D eigenvalue weighted by Gasteiger charge is -1.88. The van der Waals surface area contributed by atoms with Crippen LogP contribution in [-0.4, -0.2) is 15.7 Å². The molecule has 4 nitrogen and oxygen atoms in total. The van der Waals surface area contributed by atoms with Crippen LogP contribution in [0.3, 0.4) is 0 Å². The number of halogens is 1. The molecule has 0 aromatic carbocycles. The molecule has 5 heteroatoms. The van der Waals surface area contributed by atoms with Gasteiger partial charge in [-0.25, -0.2) is 0 Å². The van der Waals surface area contributed by atoms with Crippen molar-refractivity contribution in [3.8, 4) is 0 Å². The van der Waals surface area contributed by atoms with E-state index in [0.717, 1.165) is 0 Å². The zero-order valence-electron chi connectivity index (χ0n) is 5.34. The molecule has 10 heavy (non-hydrogen) atoms. The van der Waals surface area contributed by atoms with Gasteiger partial charge in [-0.2, -0.15) is 5.10 Å². The topological polar surface area (TPSA) is 46.9 Å². The van der Waals surface area contributed by atoms with E-state index in [1.165, 1.54) is 4.68 Å². The molecule has 1 aromatic rings. The Bertz CT molecular complexity index is 245. The SMILES string of the molecule is Cn1ccc(C(=O)NCl)n1. The minimum absolute atomic E-state index is 0.317. The van der Waals surface area contributed by atoms with Gasteiger partial charge in [-0.15, -0.1) is 0 Å². The molecule has 54 valence electrons. The Morgan fingerprint density at radius 2 is 2.60 bits per heavy atom. The summed E-state index contributed by atoms with van der Waals surface area (Å²) >= 11 is 5.05. The highest BCUT2D eigenvalue weighted by Crippen LogP contribution is 1.93. The van der Waals surface area contributed by atoms with Crippen LogP contribution in [0.5, 0.6) is 0 Å². The van der Waals surface area contributed by atoms with Crippen molar-refractivity contribution < 1.29 is 4.79 Å².